The molecule has 1 saturated carbocycles. The minimum absolute atomic E-state index is 0.0158. The smallest absolute Gasteiger partial charge is 0.321 e. The van der Waals surface area contributed by atoms with E-state index in [4.69, 9.17) is 17.2 Å². The van der Waals surface area contributed by atoms with Crippen LogP contribution in [-0.4, -0.2) is 31.2 Å². The standard InChI is InChI=1S/C15H27N7O2S2/c16-13(22-26(23,24)21-11-6-2-1-3-7-11)9-5-4-8-12-10-25-15(19-12)20-14(17)18/h10-11,21H,1-9H2,(H2,16,22)(H4,17,18,19,20). The van der Waals surface area contributed by atoms with E-state index in [2.05, 4.69) is 19.1 Å². The van der Waals surface area contributed by atoms with Crippen molar-refractivity contribution in [2.75, 3.05) is 0 Å². The highest BCUT2D eigenvalue weighted by Gasteiger charge is 2.19. The van der Waals surface area contributed by atoms with Gasteiger partial charge in [-0.3, -0.25) is 0 Å². The summed E-state index contributed by atoms with van der Waals surface area (Å²) in [6.45, 7) is 0. The number of hydrogen-bond donors (Lipinski definition) is 4. The van der Waals surface area contributed by atoms with E-state index in [0.717, 1.165) is 57.1 Å². The zero-order chi connectivity index (χ0) is 19.0. The van der Waals surface area contributed by atoms with Gasteiger partial charge < -0.3 is 17.2 Å². The highest BCUT2D eigenvalue weighted by atomic mass is 32.2. The fourth-order valence-electron chi connectivity index (χ4n) is 2.84. The lowest BCUT2D eigenvalue weighted by Crippen LogP contribution is -2.36. The molecular weight excluding hydrogens is 374 g/mol. The van der Waals surface area contributed by atoms with Crippen LogP contribution in [0.1, 0.15) is 57.1 Å². The molecule has 11 heteroatoms. The molecule has 1 aromatic rings. The van der Waals surface area contributed by atoms with E-state index < -0.39 is 10.2 Å². The molecule has 1 fully saturated rings. The zero-order valence-electron chi connectivity index (χ0n) is 14.7. The third kappa shape index (κ3) is 7.67. The average molecular weight is 402 g/mol. The largest absolute Gasteiger partial charge is 0.386 e. The first-order valence-corrected chi connectivity index (χ1v) is 11.1. The first-order valence-electron chi connectivity index (χ1n) is 8.74. The molecule has 1 heterocycles. The highest BCUT2D eigenvalue weighted by molar-refractivity contribution is 7.88. The molecule has 0 atom stereocenters. The molecule has 9 nitrogen and oxygen atoms in total. The van der Waals surface area contributed by atoms with E-state index in [9.17, 15) is 8.42 Å². The monoisotopic (exact) mass is 401 g/mol. The first-order chi connectivity index (χ1) is 12.3. The molecule has 0 spiro atoms. The van der Waals surface area contributed by atoms with Crippen molar-refractivity contribution in [1.82, 2.24) is 9.71 Å². The van der Waals surface area contributed by atoms with Gasteiger partial charge in [0.25, 0.3) is 0 Å². The van der Waals surface area contributed by atoms with Crippen molar-refractivity contribution in [1.29, 1.82) is 0 Å². The van der Waals surface area contributed by atoms with E-state index >= 15 is 0 Å². The molecule has 0 bridgehead atoms. The van der Waals surface area contributed by atoms with Crippen LogP contribution in [0.25, 0.3) is 0 Å². The molecule has 0 unspecified atom stereocenters. The van der Waals surface area contributed by atoms with Crippen LogP contribution in [0.5, 0.6) is 0 Å². The summed E-state index contributed by atoms with van der Waals surface area (Å²) in [7, 11) is -3.71. The van der Waals surface area contributed by atoms with E-state index in [-0.39, 0.29) is 17.8 Å². The van der Waals surface area contributed by atoms with Gasteiger partial charge in [-0.1, -0.05) is 19.3 Å². The zero-order valence-corrected chi connectivity index (χ0v) is 16.4. The van der Waals surface area contributed by atoms with Crippen LogP contribution in [0.3, 0.4) is 0 Å². The number of thiazole rings is 1. The molecule has 1 aromatic heterocycles. The lowest BCUT2D eigenvalue weighted by molar-refractivity contribution is 0.412. The van der Waals surface area contributed by atoms with Gasteiger partial charge >= 0.3 is 10.2 Å². The van der Waals surface area contributed by atoms with E-state index in [1.165, 1.54) is 11.3 Å². The number of unbranched alkanes of at least 4 members (excludes halogenated alkanes) is 1. The summed E-state index contributed by atoms with van der Waals surface area (Å²) in [5.41, 5.74) is 17.3. The maximum absolute atomic E-state index is 12.0. The number of amidine groups is 1. The van der Waals surface area contributed by atoms with Crippen molar-refractivity contribution < 1.29 is 8.42 Å². The van der Waals surface area contributed by atoms with E-state index in [0.29, 0.717) is 11.6 Å². The third-order valence-electron chi connectivity index (χ3n) is 4.04. The number of guanidine groups is 1. The number of nitrogens with zero attached hydrogens (tertiary/aromatic N) is 3. The fourth-order valence-corrected chi connectivity index (χ4v) is 4.69. The van der Waals surface area contributed by atoms with Crippen molar-refractivity contribution in [3.63, 3.8) is 0 Å². The molecule has 0 saturated heterocycles. The Morgan fingerprint density at radius 3 is 2.65 bits per heavy atom. The molecule has 146 valence electrons. The van der Waals surface area contributed by atoms with Crippen molar-refractivity contribution in [3.05, 3.63) is 11.1 Å². The fraction of sp³-hybridized carbons (Fsp3) is 0.667. The Hall–Kier alpha value is -1.72. The minimum atomic E-state index is -3.71. The number of hydrogen-bond acceptors (Lipinski definition) is 5. The Bertz CT molecular complexity index is 733. The van der Waals surface area contributed by atoms with E-state index in [1.54, 1.807) is 0 Å². The Balaban J connectivity index is 1.73. The Morgan fingerprint density at radius 1 is 1.23 bits per heavy atom. The molecule has 0 aliphatic heterocycles. The van der Waals surface area contributed by atoms with Crippen LogP contribution >= 0.6 is 11.3 Å². The minimum Gasteiger partial charge on any atom is -0.386 e. The van der Waals surface area contributed by atoms with Gasteiger partial charge in [0.15, 0.2) is 5.96 Å². The van der Waals surface area contributed by atoms with Gasteiger partial charge in [-0.15, -0.1) is 15.7 Å². The first kappa shape index (κ1) is 20.6. The second kappa shape index (κ2) is 9.83. The number of nitrogens with two attached hydrogens (primary N) is 3. The van der Waals surface area contributed by atoms with Crippen LogP contribution in [0.15, 0.2) is 14.8 Å². The number of aromatic nitrogens is 1. The van der Waals surface area contributed by atoms with Gasteiger partial charge in [-0.25, -0.2) is 4.98 Å². The molecule has 0 aromatic carbocycles. The Morgan fingerprint density at radius 2 is 1.96 bits per heavy atom. The summed E-state index contributed by atoms with van der Waals surface area (Å²) in [6, 6.07) is -0.0191. The predicted molar refractivity (Wildman–Crippen MR) is 106 cm³/mol. The predicted octanol–water partition coefficient (Wildman–Crippen LogP) is 1.29. The molecule has 26 heavy (non-hydrogen) atoms. The van der Waals surface area contributed by atoms with Gasteiger partial charge in [-0.05, 0) is 32.1 Å². The quantitative estimate of drug-likeness (QED) is 0.277. The number of rotatable bonds is 9. The van der Waals surface area contributed by atoms with Crippen LogP contribution in [-0.2, 0) is 16.6 Å². The Kier molecular flexibility index (Phi) is 7.79. The van der Waals surface area contributed by atoms with Crippen LogP contribution < -0.4 is 21.9 Å². The molecular formula is C15H27N7O2S2. The average Bonchev–Trinajstić information content (AvgIpc) is 2.98. The Labute approximate surface area is 158 Å². The van der Waals surface area contributed by atoms with Crippen LogP contribution in [0.4, 0.5) is 5.13 Å². The van der Waals surface area contributed by atoms with Crippen LogP contribution in [0, 0.1) is 0 Å². The van der Waals surface area contributed by atoms with Gasteiger partial charge in [0.1, 0.15) is 5.84 Å². The summed E-state index contributed by atoms with van der Waals surface area (Å²) in [6.07, 6.45) is 7.71. The molecule has 1 aliphatic carbocycles. The maximum Gasteiger partial charge on any atom is 0.321 e. The molecule has 7 N–H and O–H groups in total. The second-order valence-corrected chi connectivity index (χ2v) is 8.58. The number of aryl methyl sites for hydroxylation is 1. The van der Waals surface area contributed by atoms with Crippen LogP contribution in [0.2, 0.25) is 0 Å². The summed E-state index contributed by atoms with van der Waals surface area (Å²) >= 11 is 1.37. The van der Waals surface area contributed by atoms with Crippen molar-refractivity contribution in [2.24, 2.45) is 26.6 Å². The van der Waals surface area contributed by atoms with Gasteiger partial charge in [-0.2, -0.15) is 18.1 Å². The SMILES string of the molecule is NC(N)=Nc1nc(CCCCC(N)=NS(=O)(=O)NC2CCCCC2)cs1. The summed E-state index contributed by atoms with van der Waals surface area (Å²) in [5, 5.41) is 2.43. The lowest BCUT2D eigenvalue weighted by Gasteiger charge is -2.21. The maximum atomic E-state index is 12.0. The molecule has 1 aliphatic rings. The second-order valence-electron chi connectivity index (χ2n) is 6.38. The summed E-state index contributed by atoms with van der Waals surface area (Å²) in [5.74, 6) is 0.116. The van der Waals surface area contributed by atoms with Crippen molar-refractivity contribution in [2.45, 2.75) is 63.8 Å². The van der Waals surface area contributed by atoms with Gasteiger partial charge in [0.05, 0.1) is 5.69 Å². The number of nitrogens with one attached hydrogen (secondary N) is 1. The summed E-state index contributed by atoms with van der Waals surface area (Å²) < 4.78 is 30.4. The van der Waals surface area contributed by atoms with Crippen molar-refractivity contribution in [3.8, 4) is 0 Å². The van der Waals surface area contributed by atoms with Gasteiger partial charge in [0, 0.05) is 17.8 Å². The van der Waals surface area contributed by atoms with Crippen molar-refractivity contribution >= 4 is 38.5 Å². The lowest BCUT2D eigenvalue weighted by atomic mass is 9.96. The molecule has 2 rings (SSSR count). The highest BCUT2D eigenvalue weighted by Crippen LogP contribution is 2.20. The molecule has 0 amide bonds. The molecule has 0 radical (unpaired) electrons. The third-order valence-corrected chi connectivity index (χ3v) is 5.93. The number of aliphatic imine (C=N–C) groups is 1. The normalized spacial score (nSPS) is 16.5. The summed E-state index contributed by atoms with van der Waals surface area (Å²) in [4.78, 5) is 8.19. The van der Waals surface area contributed by atoms with Gasteiger partial charge in [0.2, 0.25) is 5.13 Å². The topological polar surface area (TPSA) is 162 Å². The van der Waals surface area contributed by atoms with E-state index in [1.807, 2.05) is 5.38 Å².